The Bertz CT molecular complexity index is 899. The molecule has 2 N–H and O–H groups in total. The van der Waals surface area contributed by atoms with Crippen molar-refractivity contribution < 1.29 is 18.4 Å². The van der Waals surface area contributed by atoms with Crippen molar-refractivity contribution in [3.63, 3.8) is 0 Å². The van der Waals surface area contributed by atoms with Crippen LogP contribution < -0.4 is 15.6 Å². The highest BCUT2D eigenvalue weighted by molar-refractivity contribution is 6.45. The second-order valence-electron chi connectivity index (χ2n) is 6.02. The first kappa shape index (κ1) is 18.5. The summed E-state index contributed by atoms with van der Waals surface area (Å²) in [5.41, 5.74) is 6.41. The highest BCUT2D eigenvalue weighted by atomic mass is 19.1. The van der Waals surface area contributed by atoms with Gasteiger partial charge in [0.15, 0.2) is 0 Å². The maximum absolute atomic E-state index is 13.5. The lowest BCUT2D eigenvalue weighted by atomic mass is 10.1. The molecule has 0 radical (unpaired) electrons. The lowest BCUT2D eigenvalue weighted by molar-refractivity contribution is -0.119. The summed E-state index contributed by atoms with van der Waals surface area (Å²) in [4.78, 5) is 26.1. The van der Waals surface area contributed by atoms with E-state index in [-0.39, 0.29) is 12.1 Å². The number of carbonyl (C=O) groups is 2. The minimum Gasteiger partial charge on any atom is -0.368 e. The fraction of sp³-hybridized carbons (Fsp3) is 0.211. The van der Waals surface area contributed by atoms with Crippen molar-refractivity contribution in [3.8, 4) is 0 Å². The van der Waals surface area contributed by atoms with E-state index in [4.69, 9.17) is 5.73 Å². The number of nitrogens with zero attached hydrogens (tertiary/aromatic N) is 3. The third kappa shape index (κ3) is 3.79. The molecular formula is C19H18F2N4O2. The molecule has 0 bridgehead atoms. The van der Waals surface area contributed by atoms with Crippen LogP contribution in [-0.4, -0.2) is 30.1 Å². The molecule has 1 unspecified atom stereocenters. The van der Waals surface area contributed by atoms with E-state index in [1.807, 2.05) is 0 Å². The fourth-order valence-electron chi connectivity index (χ4n) is 2.94. The van der Waals surface area contributed by atoms with E-state index in [1.165, 1.54) is 52.4 Å². The van der Waals surface area contributed by atoms with Crippen LogP contribution in [0.3, 0.4) is 0 Å². The second-order valence-corrected chi connectivity index (χ2v) is 6.02. The molecule has 3 rings (SSSR count). The van der Waals surface area contributed by atoms with Crippen molar-refractivity contribution in [2.24, 2.45) is 10.8 Å². The van der Waals surface area contributed by atoms with E-state index in [0.717, 1.165) is 0 Å². The van der Waals surface area contributed by atoms with Gasteiger partial charge in [0.25, 0.3) is 5.91 Å². The molecular weight excluding hydrogens is 354 g/mol. The van der Waals surface area contributed by atoms with Crippen LogP contribution in [0.25, 0.3) is 0 Å². The van der Waals surface area contributed by atoms with Gasteiger partial charge in [-0.3, -0.25) is 14.6 Å². The van der Waals surface area contributed by atoms with Gasteiger partial charge >= 0.3 is 0 Å². The van der Waals surface area contributed by atoms with E-state index >= 15 is 0 Å². The van der Waals surface area contributed by atoms with E-state index < -0.39 is 29.5 Å². The number of primary amides is 1. The summed E-state index contributed by atoms with van der Waals surface area (Å²) in [5, 5.41) is 5.56. The quantitative estimate of drug-likeness (QED) is 0.876. The van der Waals surface area contributed by atoms with Gasteiger partial charge in [0.2, 0.25) is 5.91 Å². The molecule has 0 aromatic heterocycles. The van der Waals surface area contributed by atoms with Gasteiger partial charge in [-0.15, -0.1) is 0 Å². The molecule has 2 aromatic carbocycles. The van der Waals surface area contributed by atoms with Gasteiger partial charge in [0.1, 0.15) is 23.4 Å². The summed E-state index contributed by atoms with van der Waals surface area (Å²) in [6.07, 6.45) is 0.0113. The molecule has 1 atom stereocenters. The van der Waals surface area contributed by atoms with Crippen molar-refractivity contribution in [3.05, 3.63) is 60.2 Å². The topological polar surface area (TPSA) is 79.0 Å². The number of rotatable bonds is 5. The Morgan fingerprint density at radius 3 is 2.48 bits per heavy atom. The van der Waals surface area contributed by atoms with Gasteiger partial charge in [-0.2, -0.15) is 5.10 Å². The molecule has 6 nitrogen and oxygen atoms in total. The number of carbonyl (C=O) groups excluding carboxylic acids is 2. The predicted molar refractivity (Wildman–Crippen MR) is 98.3 cm³/mol. The van der Waals surface area contributed by atoms with Gasteiger partial charge in [-0.05, 0) is 49.4 Å². The first-order chi connectivity index (χ1) is 12.9. The number of halogens is 2. The summed E-state index contributed by atoms with van der Waals surface area (Å²) in [5.74, 6) is -1.99. The van der Waals surface area contributed by atoms with Crippen molar-refractivity contribution >= 4 is 28.9 Å². The molecule has 1 aliphatic rings. The van der Waals surface area contributed by atoms with E-state index in [0.29, 0.717) is 17.9 Å². The molecule has 140 valence electrons. The van der Waals surface area contributed by atoms with Crippen LogP contribution in [-0.2, 0) is 9.59 Å². The van der Waals surface area contributed by atoms with Crippen LogP contribution in [0.5, 0.6) is 0 Å². The summed E-state index contributed by atoms with van der Waals surface area (Å²) < 4.78 is 26.7. The summed E-state index contributed by atoms with van der Waals surface area (Å²) in [6.45, 7) is 2.04. The highest BCUT2D eigenvalue weighted by Crippen LogP contribution is 2.26. The maximum atomic E-state index is 13.5. The molecule has 1 heterocycles. The molecule has 2 amide bonds. The Morgan fingerprint density at radius 1 is 1.19 bits per heavy atom. The molecule has 2 aromatic rings. The van der Waals surface area contributed by atoms with E-state index in [9.17, 15) is 18.4 Å². The van der Waals surface area contributed by atoms with Crippen molar-refractivity contribution in [1.82, 2.24) is 0 Å². The van der Waals surface area contributed by atoms with Crippen LogP contribution >= 0.6 is 0 Å². The van der Waals surface area contributed by atoms with Crippen molar-refractivity contribution in [2.45, 2.75) is 19.4 Å². The Morgan fingerprint density at radius 2 is 1.89 bits per heavy atom. The molecule has 0 fully saturated rings. The average Bonchev–Trinajstić information content (AvgIpc) is 3.09. The number of benzene rings is 2. The lowest BCUT2D eigenvalue weighted by Crippen LogP contribution is -2.40. The summed E-state index contributed by atoms with van der Waals surface area (Å²) >= 11 is 0. The molecule has 0 aliphatic carbocycles. The van der Waals surface area contributed by atoms with Crippen LogP contribution in [0.1, 0.15) is 13.3 Å². The Labute approximate surface area is 154 Å². The third-order valence-corrected chi connectivity index (χ3v) is 4.26. The van der Waals surface area contributed by atoms with Crippen molar-refractivity contribution in [1.29, 1.82) is 0 Å². The van der Waals surface area contributed by atoms with Crippen molar-refractivity contribution in [2.75, 3.05) is 16.5 Å². The smallest absolute Gasteiger partial charge is 0.274 e. The number of anilines is 2. The molecule has 8 heteroatoms. The van der Waals surface area contributed by atoms with E-state index in [1.54, 1.807) is 13.0 Å². The van der Waals surface area contributed by atoms with Gasteiger partial charge in [0, 0.05) is 18.7 Å². The number of nitrogens with two attached hydrogens (primary N) is 1. The van der Waals surface area contributed by atoms with Gasteiger partial charge in [-0.1, -0.05) is 6.07 Å². The Balaban J connectivity index is 1.92. The van der Waals surface area contributed by atoms with E-state index in [2.05, 4.69) is 5.10 Å². The molecule has 0 spiro atoms. The van der Waals surface area contributed by atoms with Crippen LogP contribution in [0.15, 0.2) is 53.6 Å². The zero-order valence-electron chi connectivity index (χ0n) is 14.6. The average molecular weight is 372 g/mol. The monoisotopic (exact) mass is 372 g/mol. The fourth-order valence-corrected chi connectivity index (χ4v) is 2.94. The first-order valence-electron chi connectivity index (χ1n) is 8.39. The van der Waals surface area contributed by atoms with Gasteiger partial charge < -0.3 is 10.6 Å². The zero-order chi connectivity index (χ0) is 19.6. The number of hydrogen-bond donors (Lipinski definition) is 1. The number of hydrazone groups is 1. The van der Waals surface area contributed by atoms with Gasteiger partial charge in [-0.25, -0.2) is 8.78 Å². The SMILES string of the molecule is CCN(C(=O)C1=NN(c2ccc(F)cc2)C(C(N)=O)C1)c1cccc(F)c1. The second kappa shape index (κ2) is 7.53. The molecule has 0 saturated carbocycles. The zero-order valence-corrected chi connectivity index (χ0v) is 14.6. The largest absolute Gasteiger partial charge is 0.368 e. The molecule has 0 saturated heterocycles. The molecule has 1 aliphatic heterocycles. The standard InChI is InChI=1S/C19H18F2N4O2/c1-2-24(15-5-3-4-13(21)10-15)19(27)16-11-17(18(22)26)25(23-16)14-8-6-12(20)7-9-14/h3-10,17H,2,11H2,1H3,(H2,22,26). The van der Waals surface area contributed by atoms with Gasteiger partial charge in [0.05, 0.1) is 5.69 Å². The molecule has 27 heavy (non-hydrogen) atoms. The lowest BCUT2D eigenvalue weighted by Gasteiger charge is -2.20. The Kier molecular flexibility index (Phi) is 5.16. The number of amides is 2. The minimum atomic E-state index is -0.861. The van der Waals surface area contributed by atoms with Crippen LogP contribution in [0, 0.1) is 11.6 Å². The normalized spacial score (nSPS) is 16.2. The number of hydrogen-bond acceptors (Lipinski definition) is 4. The van der Waals surface area contributed by atoms with Crippen LogP contribution in [0.2, 0.25) is 0 Å². The Hall–Kier alpha value is -3.29. The summed E-state index contributed by atoms with van der Waals surface area (Å²) in [7, 11) is 0. The highest BCUT2D eigenvalue weighted by Gasteiger charge is 2.36. The minimum absolute atomic E-state index is 0.0113. The maximum Gasteiger partial charge on any atom is 0.274 e. The predicted octanol–water partition coefficient (Wildman–Crippen LogP) is 2.44. The first-order valence-corrected chi connectivity index (χ1v) is 8.39. The third-order valence-electron chi connectivity index (χ3n) is 4.26. The van der Waals surface area contributed by atoms with Crippen LogP contribution in [0.4, 0.5) is 20.2 Å². The summed E-state index contributed by atoms with van der Waals surface area (Å²) in [6, 6.07) is 10.2.